The fourth-order valence-corrected chi connectivity index (χ4v) is 3.24. The van der Waals surface area contributed by atoms with Gasteiger partial charge in [-0.15, -0.1) is 0 Å². The van der Waals surface area contributed by atoms with Crippen molar-refractivity contribution in [3.8, 4) is 22.8 Å². The van der Waals surface area contributed by atoms with Gasteiger partial charge in [-0.3, -0.25) is 4.98 Å². The molecule has 29 heavy (non-hydrogen) atoms. The summed E-state index contributed by atoms with van der Waals surface area (Å²) >= 11 is 0. The fraction of sp³-hybridized carbons (Fsp3) is 0.190. The van der Waals surface area contributed by atoms with Crippen molar-refractivity contribution in [2.24, 2.45) is 0 Å². The third-order valence-corrected chi connectivity index (χ3v) is 4.59. The van der Waals surface area contributed by atoms with Gasteiger partial charge in [-0.05, 0) is 31.2 Å². The van der Waals surface area contributed by atoms with E-state index < -0.39 is 0 Å². The lowest BCUT2D eigenvalue weighted by atomic mass is 10.1. The Morgan fingerprint density at radius 1 is 1.03 bits per heavy atom. The predicted octanol–water partition coefficient (Wildman–Crippen LogP) is 4.13. The molecular weight excluding hydrogens is 368 g/mol. The molecular formula is C21H22N6O2. The van der Waals surface area contributed by atoms with Crippen LogP contribution in [0.15, 0.2) is 42.7 Å². The summed E-state index contributed by atoms with van der Waals surface area (Å²) in [4.78, 5) is 16.7. The minimum absolute atomic E-state index is 0.469. The first-order valence-corrected chi connectivity index (χ1v) is 9.12. The van der Waals surface area contributed by atoms with Crippen LogP contribution in [-0.4, -0.2) is 41.2 Å². The van der Waals surface area contributed by atoms with Crippen molar-refractivity contribution in [1.82, 2.24) is 19.9 Å². The lowest BCUT2D eigenvalue weighted by Gasteiger charge is -2.17. The quantitative estimate of drug-likeness (QED) is 0.455. The number of benzene rings is 1. The van der Waals surface area contributed by atoms with Crippen LogP contribution in [0.4, 0.5) is 17.5 Å². The van der Waals surface area contributed by atoms with Crippen LogP contribution in [0.3, 0.4) is 0 Å². The van der Waals surface area contributed by atoms with Crippen LogP contribution < -0.4 is 20.1 Å². The number of hydrogen-bond acceptors (Lipinski definition) is 7. The molecule has 8 nitrogen and oxygen atoms in total. The Labute approximate surface area is 168 Å². The highest BCUT2D eigenvalue weighted by atomic mass is 16.5. The zero-order valence-electron chi connectivity index (χ0n) is 16.7. The summed E-state index contributed by atoms with van der Waals surface area (Å²) < 4.78 is 11.4. The number of ether oxygens (including phenoxy) is 2. The number of rotatable bonds is 6. The first kappa shape index (κ1) is 18.5. The topological polar surface area (TPSA) is 97.0 Å². The SMILES string of the molecule is CNc1cc(C)nc(Nc2ccc(OC)c(-c3cc4[nH]ccc4cn3)c2OC)n1. The molecule has 0 bridgehead atoms. The smallest absolute Gasteiger partial charge is 0.229 e. The average molecular weight is 390 g/mol. The Kier molecular flexibility index (Phi) is 4.90. The van der Waals surface area contributed by atoms with Crippen LogP contribution in [0.5, 0.6) is 11.5 Å². The van der Waals surface area contributed by atoms with Crippen molar-refractivity contribution in [3.05, 3.63) is 48.4 Å². The second-order valence-corrected chi connectivity index (χ2v) is 6.45. The van der Waals surface area contributed by atoms with Crippen molar-refractivity contribution in [1.29, 1.82) is 0 Å². The lowest BCUT2D eigenvalue weighted by Crippen LogP contribution is -2.04. The monoisotopic (exact) mass is 390 g/mol. The number of pyridine rings is 1. The number of methoxy groups -OCH3 is 2. The van der Waals surface area contributed by atoms with Crippen LogP contribution in [0.2, 0.25) is 0 Å². The van der Waals surface area contributed by atoms with E-state index in [2.05, 4.69) is 30.6 Å². The number of H-pyrrole nitrogens is 1. The Balaban J connectivity index is 1.84. The van der Waals surface area contributed by atoms with Gasteiger partial charge in [0.15, 0.2) is 5.75 Å². The Bertz CT molecular complexity index is 1170. The second kappa shape index (κ2) is 7.67. The Morgan fingerprint density at radius 3 is 2.66 bits per heavy atom. The van der Waals surface area contributed by atoms with Gasteiger partial charge in [0.05, 0.1) is 31.2 Å². The number of nitrogens with zero attached hydrogens (tertiary/aromatic N) is 3. The van der Waals surface area contributed by atoms with Crippen LogP contribution >= 0.6 is 0 Å². The third-order valence-electron chi connectivity index (χ3n) is 4.59. The van der Waals surface area contributed by atoms with Gasteiger partial charge in [-0.1, -0.05) is 0 Å². The molecule has 0 spiro atoms. The number of hydrogen-bond donors (Lipinski definition) is 3. The van der Waals surface area contributed by atoms with Gasteiger partial charge < -0.3 is 25.1 Å². The molecule has 0 aliphatic carbocycles. The fourth-order valence-electron chi connectivity index (χ4n) is 3.24. The molecule has 4 aromatic rings. The summed E-state index contributed by atoms with van der Waals surface area (Å²) in [6.45, 7) is 1.92. The first-order chi connectivity index (χ1) is 14.1. The number of aromatic nitrogens is 4. The number of nitrogens with one attached hydrogen (secondary N) is 3. The van der Waals surface area contributed by atoms with Gasteiger partial charge in [0, 0.05) is 42.1 Å². The summed E-state index contributed by atoms with van der Waals surface area (Å²) in [5, 5.41) is 7.33. The van der Waals surface area contributed by atoms with E-state index in [1.807, 2.05) is 56.7 Å². The van der Waals surface area contributed by atoms with Crippen molar-refractivity contribution in [3.63, 3.8) is 0 Å². The molecule has 0 radical (unpaired) electrons. The predicted molar refractivity (Wildman–Crippen MR) is 114 cm³/mol. The molecule has 0 aliphatic rings. The van der Waals surface area contributed by atoms with Crippen molar-refractivity contribution in [2.75, 3.05) is 31.9 Å². The lowest BCUT2D eigenvalue weighted by molar-refractivity contribution is 0.398. The molecule has 0 fully saturated rings. The Morgan fingerprint density at radius 2 is 1.90 bits per heavy atom. The zero-order chi connectivity index (χ0) is 20.4. The Hall–Kier alpha value is -3.81. The molecule has 0 saturated carbocycles. The number of aromatic amines is 1. The molecule has 0 aliphatic heterocycles. The normalized spacial score (nSPS) is 10.8. The minimum atomic E-state index is 0.469. The molecule has 0 unspecified atom stereocenters. The highest BCUT2D eigenvalue weighted by molar-refractivity contribution is 5.88. The van der Waals surface area contributed by atoms with Crippen molar-refractivity contribution < 1.29 is 9.47 Å². The van der Waals surface area contributed by atoms with Gasteiger partial charge in [0.2, 0.25) is 5.95 Å². The van der Waals surface area contributed by atoms with E-state index in [9.17, 15) is 0 Å². The number of anilines is 3. The molecule has 0 atom stereocenters. The van der Waals surface area contributed by atoms with Crippen LogP contribution in [-0.2, 0) is 0 Å². The van der Waals surface area contributed by atoms with E-state index >= 15 is 0 Å². The van der Waals surface area contributed by atoms with Crippen LogP contribution in [0.1, 0.15) is 5.69 Å². The molecule has 148 valence electrons. The van der Waals surface area contributed by atoms with Gasteiger partial charge in [-0.2, -0.15) is 4.98 Å². The van der Waals surface area contributed by atoms with Crippen LogP contribution in [0, 0.1) is 6.92 Å². The van der Waals surface area contributed by atoms with Gasteiger partial charge in [0.1, 0.15) is 11.6 Å². The first-order valence-electron chi connectivity index (χ1n) is 9.12. The highest BCUT2D eigenvalue weighted by Gasteiger charge is 2.19. The molecule has 8 heteroatoms. The molecule has 3 N–H and O–H groups in total. The summed E-state index contributed by atoms with van der Waals surface area (Å²) in [5.41, 5.74) is 4.03. The molecule has 0 saturated heterocycles. The van der Waals surface area contributed by atoms with Crippen molar-refractivity contribution >= 4 is 28.4 Å². The maximum atomic E-state index is 5.76. The van der Waals surface area contributed by atoms with E-state index in [-0.39, 0.29) is 0 Å². The number of fused-ring (bicyclic) bond motifs is 1. The molecule has 1 aromatic carbocycles. The van der Waals surface area contributed by atoms with Crippen molar-refractivity contribution in [2.45, 2.75) is 6.92 Å². The second-order valence-electron chi connectivity index (χ2n) is 6.45. The number of aryl methyl sites for hydroxylation is 1. The molecule has 3 aromatic heterocycles. The highest BCUT2D eigenvalue weighted by Crippen LogP contribution is 2.43. The van der Waals surface area contributed by atoms with Gasteiger partial charge >= 0.3 is 0 Å². The maximum absolute atomic E-state index is 5.76. The largest absolute Gasteiger partial charge is 0.496 e. The van der Waals surface area contributed by atoms with Gasteiger partial charge in [-0.25, -0.2) is 4.98 Å². The maximum Gasteiger partial charge on any atom is 0.229 e. The zero-order valence-corrected chi connectivity index (χ0v) is 16.7. The minimum Gasteiger partial charge on any atom is -0.496 e. The molecule has 3 heterocycles. The van der Waals surface area contributed by atoms with E-state index in [4.69, 9.17) is 9.47 Å². The van der Waals surface area contributed by atoms with Gasteiger partial charge in [0.25, 0.3) is 0 Å². The van der Waals surface area contributed by atoms with E-state index in [1.54, 1.807) is 14.2 Å². The van der Waals surface area contributed by atoms with E-state index in [1.165, 1.54) is 0 Å². The van der Waals surface area contributed by atoms with E-state index in [0.717, 1.165) is 33.7 Å². The molecule has 4 rings (SSSR count). The summed E-state index contributed by atoms with van der Waals surface area (Å²) in [6.07, 6.45) is 3.71. The summed E-state index contributed by atoms with van der Waals surface area (Å²) in [7, 11) is 5.06. The third kappa shape index (κ3) is 3.52. The summed E-state index contributed by atoms with van der Waals surface area (Å²) in [5.74, 6) is 2.45. The van der Waals surface area contributed by atoms with Crippen LogP contribution in [0.25, 0.3) is 22.2 Å². The standard InChI is InChI=1S/C21H22N6O2/c1-12-9-18(22-2)27-21(25-12)26-14-5-6-17(28-3)19(20(14)29-4)16-10-15-13(11-24-16)7-8-23-15/h5-11,23H,1-4H3,(H2,22,25,26,27). The average Bonchev–Trinajstić information content (AvgIpc) is 3.20. The van der Waals surface area contributed by atoms with E-state index in [0.29, 0.717) is 23.1 Å². The molecule has 0 amide bonds. The summed E-state index contributed by atoms with van der Waals surface area (Å²) in [6, 6.07) is 9.57.